The van der Waals surface area contributed by atoms with E-state index in [2.05, 4.69) is 113 Å². The van der Waals surface area contributed by atoms with Crippen LogP contribution in [0.2, 0.25) is 8.87 Å². The average Bonchev–Trinajstić information content (AvgIpc) is 3.46. The molecule has 4 aromatic rings. The molecule has 0 aliphatic heterocycles. The summed E-state index contributed by atoms with van der Waals surface area (Å²) in [5, 5.41) is 0. The molecule has 0 fully saturated rings. The van der Waals surface area contributed by atoms with Crippen LogP contribution in [0.4, 0.5) is 0 Å². The zero-order chi connectivity index (χ0) is 26.0. The van der Waals surface area contributed by atoms with E-state index in [4.69, 9.17) is 0 Å². The van der Waals surface area contributed by atoms with Gasteiger partial charge in [0.05, 0.1) is 0 Å². The first-order chi connectivity index (χ1) is 18.1. The second kappa shape index (κ2) is 18.9. The molecule has 0 bridgehead atoms. The van der Waals surface area contributed by atoms with Crippen LogP contribution in [0.1, 0.15) is 72.9 Å². The number of unbranched alkanes of at least 4 members (excludes halogenated alkanes) is 2. The summed E-state index contributed by atoms with van der Waals surface area (Å²) < 4.78 is 3.25. The zero-order valence-electron chi connectivity index (χ0n) is 25.6. The van der Waals surface area contributed by atoms with Gasteiger partial charge in [0, 0.05) is 0 Å². The van der Waals surface area contributed by atoms with Crippen molar-refractivity contribution in [2.24, 2.45) is 0 Å². The molecule has 2 aliphatic rings. The van der Waals surface area contributed by atoms with Crippen LogP contribution in [0, 0.1) is 40.8 Å². The van der Waals surface area contributed by atoms with Gasteiger partial charge in [-0.15, -0.1) is 22.3 Å². The predicted octanol–water partition coefficient (Wildman–Crippen LogP) is 10.8. The van der Waals surface area contributed by atoms with E-state index in [9.17, 15) is 0 Å². The summed E-state index contributed by atoms with van der Waals surface area (Å²) in [5.41, 5.74) is 13.6. The quantitative estimate of drug-likeness (QED) is 0.0894. The molecule has 2 radical (unpaired) electrons. The van der Waals surface area contributed by atoms with Gasteiger partial charge in [0.2, 0.25) is 0 Å². The van der Waals surface area contributed by atoms with Gasteiger partial charge in [-0.3, -0.25) is 0 Å². The van der Waals surface area contributed by atoms with Crippen LogP contribution < -0.4 is 0 Å². The van der Waals surface area contributed by atoms with E-state index < -0.39 is 0 Å². The van der Waals surface area contributed by atoms with E-state index in [1.54, 1.807) is 8.87 Å². The maximum Gasteiger partial charge on any atom is 4.00 e. The van der Waals surface area contributed by atoms with Crippen LogP contribution in [0.25, 0.3) is 22.3 Å². The van der Waals surface area contributed by atoms with Crippen molar-refractivity contribution >= 4 is 21.1 Å². The Bertz CT molecular complexity index is 1210. The summed E-state index contributed by atoms with van der Waals surface area (Å²) in [7, 11) is 0. The van der Waals surface area contributed by atoms with Crippen molar-refractivity contribution < 1.29 is 25.8 Å². The summed E-state index contributed by atoms with van der Waals surface area (Å²) in [6.07, 6.45) is 7.94. The molecule has 40 heavy (non-hydrogen) atoms. The maximum atomic E-state index is 3.43. The summed E-state index contributed by atoms with van der Waals surface area (Å²) in [5.74, 6) is 0. The number of aryl methyl sites for hydroxylation is 2. The van der Waals surface area contributed by atoms with Gasteiger partial charge in [0.1, 0.15) is 0 Å². The third kappa shape index (κ3) is 9.83. The minimum absolute atomic E-state index is 0. The van der Waals surface area contributed by atoms with Crippen molar-refractivity contribution in [1.82, 2.24) is 0 Å². The molecule has 4 aromatic carbocycles. The Hall–Kier alpha value is -1.45. The molecule has 206 valence electrons. The number of hydrogen-bond acceptors (Lipinski definition) is 0. The first-order valence-electron chi connectivity index (χ1n) is 14.0. The Morgan fingerprint density at radius 3 is 1.38 bits per heavy atom. The molecule has 0 aromatic heterocycles. The van der Waals surface area contributed by atoms with Gasteiger partial charge in [-0.05, 0) is 12.8 Å². The summed E-state index contributed by atoms with van der Waals surface area (Å²) >= 11 is 0.149. The second-order valence-corrected chi connectivity index (χ2v) is 14.5. The standard InChI is InChI=1S/2C14H11.2C4H9.2CH3.Hf.Sn/c2*1-10-6-7-14-12(8-10)9-11-4-2-3-5-13(11)14;2*1-3-4-2;;;;/h2*2-7H,9H2,1H3;2*1,3-4H2,2H3;2*1H3;;/q2*-1;;;2*-1;+4;. The Balaban J connectivity index is 0.000000298. The first kappa shape index (κ1) is 36.6. The molecule has 0 saturated carbocycles. The van der Waals surface area contributed by atoms with Crippen LogP contribution in [-0.4, -0.2) is 21.1 Å². The molecular weight excluding hydrogens is 754 g/mol. The SMILES string of the molecule is CCC[CH2][Sn][CH2]CCC.Cc1[c-]c2c(cc1)-c1ccccc1C2.Cc1[c-]c2c(cc1)-c1ccccc1C2.[CH3-].[CH3-].[Hf+4]. The number of hydrogen-bond donors (Lipinski definition) is 0. The fourth-order valence-electron chi connectivity index (χ4n) is 5.08. The van der Waals surface area contributed by atoms with Crippen LogP contribution in [0.15, 0.2) is 72.8 Å². The molecule has 0 heterocycles. The normalized spacial score (nSPS) is 10.9. The fourth-order valence-corrected chi connectivity index (χ4v) is 9.24. The van der Waals surface area contributed by atoms with Crippen LogP contribution in [0.3, 0.4) is 0 Å². The van der Waals surface area contributed by atoms with Crippen molar-refractivity contribution in [3.63, 3.8) is 0 Å². The number of fused-ring (bicyclic) bond motifs is 6. The van der Waals surface area contributed by atoms with E-state index in [0.717, 1.165) is 12.8 Å². The number of rotatable bonds is 6. The Morgan fingerprint density at radius 1 is 0.575 bits per heavy atom. The van der Waals surface area contributed by atoms with Crippen LogP contribution >= 0.6 is 0 Å². The smallest absolute Gasteiger partial charge is 0.358 e. The molecule has 0 atom stereocenters. The third-order valence-electron chi connectivity index (χ3n) is 7.11. The topological polar surface area (TPSA) is 0 Å². The van der Waals surface area contributed by atoms with Gasteiger partial charge in [0.15, 0.2) is 0 Å². The number of benzene rings is 4. The zero-order valence-corrected chi connectivity index (χ0v) is 32.0. The van der Waals surface area contributed by atoms with Crippen molar-refractivity contribution in [2.75, 3.05) is 0 Å². The van der Waals surface area contributed by atoms with Crippen molar-refractivity contribution in [3.8, 4) is 22.3 Å². The van der Waals surface area contributed by atoms with Crippen LogP contribution in [0.5, 0.6) is 0 Å². The molecule has 0 saturated heterocycles. The van der Waals surface area contributed by atoms with Gasteiger partial charge in [-0.1, -0.05) is 84.6 Å². The molecule has 0 unspecified atom stereocenters. The molecule has 6 rings (SSSR count). The summed E-state index contributed by atoms with van der Waals surface area (Å²) in [6, 6.07) is 32.8. The van der Waals surface area contributed by atoms with Crippen molar-refractivity contribution in [3.05, 3.63) is 133 Å². The predicted molar refractivity (Wildman–Crippen MR) is 175 cm³/mol. The van der Waals surface area contributed by atoms with Gasteiger partial charge < -0.3 is 14.9 Å². The fraction of sp³-hybridized carbons (Fsp3) is 0.316. The van der Waals surface area contributed by atoms with Crippen LogP contribution in [-0.2, 0) is 38.7 Å². The molecule has 2 heteroatoms. The van der Waals surface area contributed by atoms with E-state index in [0.29, 0.717) is 0 Å². The monoisotopic (exact) mass is 802 g/mol. The molecular formula is C38H46HfSn. The van der Waals surface area contributed by atoms with Gasteiger partial charge in [-0.25, -0.2) is 0 Å². The van der Waals surface area contributed by atoms with Crippen molar-refractivity contribution in [1.29, 1.82) is 0 Å². The third-order valence-corrected chi connectivity index (χ3v) is 11.1. The molecule has 2 aliphatic carbocycles. The van der Waals surface area contributed by atoms with E-state index >= 15 is 0 Å². The molecule has 0 N–H and O–H groups in total. The van der Waals surface area contributed by atoms with E-state index in [1.807, 2.05) is 0 Å². The molecule has 0 spiro atoms. The van der Waals surface area contributed by atoms with Gasteiger partial charge in [0.25, 0.3) is 0 Å². The minimum atomic E-state index is 0. The largest absolute Gasteiger partial charge is 4.00 e. The van der Waals surface area contributed by atoms with Gasteiger partial charge in [-0.2, -0.15) is 47.5 Å². The second-order valence-electron chi connectivity index (χ2n) is 10.2. The van der Waals surface area contributed by atoms with E-state index in [-0.39, 0.29) is 61.8 Å². The molecule has 0 amide bonds. The first-order valence-corrected chi connectivity index (χ1v) is 18.0. The summed E-state index contributed by atoms with van der Waals surface area (Å²) in [6.45, 7) is 8.78. The molecule has 0 nitrogen and oxygen atoms in total. The maximum absolute atomic E-state index is 3.43. The minimum Gasteiger partial charge on any atom is -0.358 e. The Labute approximate surface area is 275 Å². The van der Waals surface area contributed by atoms with Crippen molar-refractivity contribution in [2.45, 2.75) is 75.1 Å². The average molecular weight is 800 g/mol. The Kier molecular flexibility index (Phi) is 17.3. The Morgan fingerprint density at radius 2 is 0.975 bits per heavy atom. The van der Waals surface area contributed by atoms with E-state index in [1.165, 1.54) is 81.3 Å². The summed E-state index contributed by atoms with van der Waals surface area (Å²) in [4.78, 5) is 0. The van der Waals surface area contributed by atoms with Gasteiger partial charge >= 0.3 is 95.4 Å².